The van der Waals surface area contributed by atoms with Gasteiger partial charge in [0.25, 0.3) is 0 Å². The van der Waals surface area contributed by atoms with Gasteiger partial charge in [0.15, 0.2) is 0 Å². The Bertz CT molecular complexity index is 236. The van der Waals surface area contributed by atoms with Crippen LogP contribution in [0.5, 0.6) is 0 Å². The molecule has 0 radical (unpaired) electrons. The predicted octanol–water partition coefficient (Wildman–Crippen LogP) is 3.51. The van der Waals surface area contributed by atoms with Crippen molar-refractivity contribution in [1.82, 2.24) is 5.32 Å². The minimum atomic E-state index is 0.579. The highest BCUT2D eigenvalue weighted by molar-refractivity contribution is 7.10. The molecule has 0 bridgehead atoms. The summed E-state index contributed by atoms with van der Waals surface area (Å²) in [6.45, 7) is 7.67. The molecular formula is C11H19NS. The fourth-order valence-electron chi connectivity index (χ4n) is 1.60. The van der Waals surface area contributed by atoms with E-state index < -0.39 is 0 Å². The maximum absolute atomic E-state index is 3.54. The van der Waals surface area contributed by atoms with Gasteiger partial charge in [0.05, 0.1) is 0 Å². The second-order valence-electron chi connectivity index (χ2n) is 3.37. The van der Waals surface area contributed by atoms with Gasteiger partial charge in [-0.2, -0.15) is 0 Å². The van der Waals surface area contributed by atoms with Gasteiger partial charge in [0.2, 0.25) is 0 Å². The normalized spacial score (nSPS) is 13.2. The summed E-state index contributed by atoms with van der Waals surface area (Å²) < 4.78 is 0. The van der Waals surface area contributed by atoms with Gasteiger partial charge < -0.3 is 5.32 Å². The lowest BCUT2D eigenvalue weighted by atomic mass is 10.1. The summed E-state index contributed by atoms with van der Waals surface area (Å²) in [5, 5.41) is 5.72. The number of nitrogens with one attached hydrogen (secondary N) is 1. The van der Waals surface area contributed by atoms with E-state index in [0.29, 0.717) is 6.04 Å². The van der Waals surface area contributed by atoms with Crippen LogP contribution in [0.2, 0.25) is 0 Å². The Kier molecular flexibility index (Phi) is 4.46. The average molecular weight is 197 g/mol. The van der Waals surface area contributed by atoms with E-state index in [-0.39, 0.29) is 0 Å². The van der Waals surface area contributed by atoms with Crippen molar-refractivity contribution >= 4 is 11.3 Å². The van der Waals surface area contributed by atoms with Gasteiger partial charge in [-0.05, 0) is 36.9 Å². The fraction of sp³-hybridized carbons (Fsp3) is 0.636. The second-order valence-corrected chi connectivity index (χ2v) is 4.31. The monoisotopic (exact) mass is 197 g/mol. The highest BCUT2D eigenvalue weighted by atomic mass is 32.1. The van der Waals surface area contributed by atoms with Crippen LogP contribution >= 0.6 is 11.3 Å². The minimum absolute atomic E-state index is 0.579. The van der Waals surface area contributed by atoms with Crippen molar-refractivity contribution in [2.45, 2.75) is 39.7 Å². The third kappa shape index (κ3) is 2.82. The van der Waals surface area contributed by atoms with Crippen molar-refractivity contribution in [2.24, 2.45) is 0 Å². The molecule has 0 spiro atoms. The SMILES string of the molecule is CCCC(NCC)c1sccc1C. The quantitative estimate of drug-likeness (QED) is 0.761. The molecule has 0 aliphatic rings. The molecule has 1 atom stereocenters. The molecule has 0 fully saturated rings. The number of hydrogen-bond donors (Lipinski definition) is 1. The Balaban J connectivity index is 2.69. The van der Waals surface area contributed by atoms with Crippen molar-refractivity contribution in [2.75, 3.05) is 6.54 Å². The molecule has 1 N–H and O–H groups in total. The lowest BCUT2D eigenvalue weighted by Gasteiger charge is -2.16. The van der Waals surface area contributed by atoms with Gasteiger partial charge in [-0.1, -0.05) is 20.3 Å². The van der Waals surface area contributed by atoms with E-state index in [4.69, 9.17) is 0 Å². The third-order valence-corrected chi connectivity index (χ3v) is 3.38. The number of rotatable bonds is 5. The molecule has 0 saturated heterocycles. The van der Waals surface area contributed by atoms with Gasteiger partial charge in [-0.25, -0.2) is 0 Å². The smallest absolute Gasteiger partial charge is 0.0417 e. The maximum atomic E-state index is 3.54. The Labute approximate surface area is 85.2 Å². The summed E-state index contributed by atoms with van der Waals surface area (Å²) in [6.07, 6.45) is 2.49. The second kappa shape index (κ2) is 5.40. The van der Waals surface area contributed by atoms with E-state index in [1.165, 1.54) is 23.3 Å². The van der Waals surface area contributed by atoms with E-state index >= 15 is 0 Å². The van der Waals surface area contributed by atoms with E-state index in [1.807, 2.05) is 11.3 Å². The minimum Gasteiger partial charge on any atom is -0.310 e. The zero-order valence-corrected chi connectivity index (χ0v) is 9.58. The van der Waals surface area contributed by atoms with Crippen LogP contribution in [0.25, 0.3) is 0 Å². The summed E-state index contributed by atoms with van der Waals surface area (Å²) in [7, 11) is 0. The van der Waals surface area contributed by atoms with Gasteiger partial charge in [-0.3, -0.25) is 0 Å². The Morgan fingerprint density at radius 2 is 2.23 bits per heavy atom. The summed E-state index contributed by atoms with van der Waals surface area (Å²) in [5.41, 5.74) is 1.43. The highest BCUT2D eigenvalue weighted by Crippen LogP contribution is 2.26. The van der Waals surface area contributed by atoms with Crippen LogP contribution in [-0.4, -0.2) is 6.54 Å². The van der Waals surface area contributed by atoms with E-state index in [1.54, 1.807) is 0 Å². The molecule has 1 nitrogen and oxygen atoms in total. The number of aryl methyl sites for hydroxylation is 1. The van der Waals surface area contributed by atoms with Crippen molar-refractivity contribution in [3.05, 3.63) is 21.9 Å². The standard InChI is InChI=1S/C11H19NS/c1-4-6-10(12-5-2)11-9(3)7-8-13-11/h7-8,10,12H,4-6H2,1-3H3. The summed E-state index contributed by atoms with van der Waals surface area (Å²) in [5.74, 6) is 0. The van der Waals surface area contributed by atoms with Crippen molar-refractivity contribution in [1.29, 1.82) is 0 Å². The molecule has 74 valence electrons. The van der Waals surface area contributed by atoms with Gasteiger partial charge in [0, 0.05) is 10.9 Å². The zero-order chi connectivity index (χ0) is 9.68. The molecule has 0 aliphatic heterocycles. The van der Waals surface area contributed by atoms with Gasteiger partial charge >= 0.3 is 0 Å². The van der Waals surface area contributed by atoms with Crippen molar-refractivity contribution in [3.63, 3.8) is 0 Å². The molecule has 1 unspecified atom stereocenters. The summed E-state index contributed by atoms with van der Waals surface area (Å²) >= 11 is 1.88. The number of thiophene rings is 1. The summed E-state index contributed by atoms with van der Waals surface area (Å²) in [4.78, 5) is 1.52. The topological polar surface area (TPSA) is 12.0 Å². The molecule has 0 aromatic carbocycles. The molecule has 0 aliphatic carbocycles. The molecular weight excluding hydrogens is 178 g/mol. The van der Waals surface area contributed by atoms with Gasteiger partial charge in [-0.15, -0.1) is 11.3 Å². The van der Waals surface area contributed by atoms with Crippen molar-refractivity contribution in [3.8, 4) is 0 Å². The Hall–Kier alpha value is -0.340. The molecule has 2 heteroatoms. The van der Waals surface area contributed by atoms with Crippen LogP contribution in [0.15, 0.2) is 11.4 Å². The molecule has 1 rings (SSSR count). The molecule has 1 aromatic rings. The number of hydrogen-bond acceptors (Lipinski definition) is 2. The summed E-state index contributed by atoms with van der Waals surface area (Å²) in [6, 6.07) is 2.79. The fourth-order valence-corrected chi connectivity index (χ4v) is 2.64. The van der Waals surface area contributed by atoms with Crippen LogP contribution in [0.3, 0.4) is 0 Å². The van der Waals surface area contributed by atoms with Crippen molar-refractivity contribution < 1.29 is 0 Å². The molecule has 13 heavy (non-hydrogen) atoms. The van der Waals surface area contributed by atoms with Crippen LogP contribution in [0.4, 0.5) is 0 Å². The van der Waals surface area contributed by atoms with Gasteiger partial charge in [0.1, 0.15) is 0 Å². The first-order valence-electron chi connectivity index (χ1n) is 5.07. The first-order chi connectivity index (χ1) is 6.29. The third-order valence-electron chi connectivity index (χ3n) is 2.25. The van der Waals surface area contributed by atoms with Crippen LogP contribution in [0, 0.1) is 6.92 Å². The zero-order valence-electron chi connectivity index (χ0n) is 8.76. The lowest BCUT2D eigenvalue weighted by molar-refractivity contribution is 0.515. The Morgan fingerprint density at radius 1 is 1.46 bits per heavy atom. The molecule has 1 aromatic heterocycles. The maximum Gasteiger partial charge on any atom is 0.0417 e. The Morgan fingerprint density at radius 3 is 2.69 bits per heavy atom. The lowest BCUT2D eigenvalue weighted by Crippen LogP contribution is -2.20. The first kappa shape index (κ1) is 10.7. The first-order valence-corrected chi connectivity index (χ1v) is 5.94. The van der Waals surface area contributed by atoms with E-state index in [0.717, 1.165) is 6.54 Å². The highest BCUT2D eigenvalue weighted by Gasteiger charge is 2.12. The predicted molar refractivity (Wildman–Crippen MR) is 60.4 cm³/mol. The average Bonchev–Trinajstić information content (AvgIpc) is 2.51. The van der Waals surface area contributed by atoms with Crippen LogP contribution < -0.4 is 5.32 Å². The van der Waals surface area contributed by atoms with E-state index in [9.17, 15) is 0 Å². The van der Waals surface area contributed by atoms with Crippen LogP contribution in [0.1, 0.15) is 43.2 Å². The molecule has 0 amide bonds. The largest absolute Gasteiger partial charge is 0.310 e. The molecule has 1 heterocycles. The molecule has 0 saturated carbocycles. The van der Waals surface area contributed by atoms with Crippen LogP contribution in [-0.2, 0) is 0 Å². The van der Waals surface area contributed by atoms with E-state index in [2.05, 4.69) is 37.5 Å².